The van der Waals surface area contributed by atoms with E-state index in [4.69, 9.17) is 0 Å². The SMILES string of the molecule is Cc1cc2c(cc1C(C)(C)C)-c1cc(C(C)(C)C)c(C)cc1[CH]2[Zr+2]1([C]2=C(C(C)(C)C)C=CC2)[CH2][CH2]1.[Cl-].[Cl-]. The van der Waals surface area contributed by atoms with Crippen LogP contribution in [0.15, 0.2) is 45.3 Å². The van der Waals surface area contributed by atoms with E-state index in [9.17, 15) is 0 Å². The Bertz CT molecular complexity index is 1220. The Morgan fingerprint density at radius 3 is 1.43 bits per heavy atom. The minimum atomic E-state index is -2.59. The third-order valence-corrected chi connectivity index (χ3v) is 21.2. The number of halogens is 2. The van der Waals surface area contributed by atoms with Crippen LogP contribution in [0.25, 0.3) is 11.1 Å². The molecule has 2 aliphatic carbocycles. The Morgan fingerprint density at radius 1 is 0.649 bits per heavy atom. The van der Waals surface area contributed by atoms with Crippen LogP contribution in [-0.4, -0.2) is 0 Å². The number of allylic oxidation sites excluding steroid dienone is 4. The van der Waals surface area contributed by atoms with Crippen molar-refractivity contribution in [1.82, 2.24) is 0 Å². The van der Waals surface area contributed by atoms with Gasteiger partial charge in [-0.1, -0.05) is 0 Å². The molecule has 2 aromatic rings. The van der Waals surface area contributed by atoms with Gasteiger partial charge in [0.1, 0.15) is 0 Å². The van der Waals surface area contributed by atoms with Gasteiger partial charge in [-0.2, -0.15) is 0 Å². The quantitative estimate of drug-likeness (QED) is 0.474. The van der Waals surface area contributed by atoms with Crippen LogP contribution in [0.4, 0.5) is 0 Å². The van der Waals surface area contributed by atoms with Gasteiger partial charge in [-0.05, 0) is 0 Å². The Balaban J connectivity index is 0.00000190. The number of aryl methyl sites for hydroxylation is 2. The molecule has 0 amide bonds. The summed E-state index contributed by atoms with van der Waals surface area (Å²) in [4.78, 5) is 0. The topological polar surface area (TPSA) is 0 Å². The largest absolute Gasteiger partial charge is 1.00 e. The van der Waals surface area contributed by atoms with Gasteiger partial charge in [0.05, 0.1) is 0 Å². The second-order valence-corrected chi connectivity index (χ2v) is 25.9. The van der Waals surface area contributed by atoms with Crippen LogP contribution in [0.3, 0.4) is 0 Å². The monoisotopic (exact) mass is 614 g/mol. The van der Waals surface area contributed by atoms with Gasteiger partial charge in [0.25, 0.3) is 0 Å². The van der Waals surface area contributed by atoms with Crippen LogP contribution in [0.1, 0.15) is 106 Å². The van der Waals surface area contributed by atoms with Crippen LogP contribution in [0, 0.1) is 19.3 Å². The van der Waals surface area contributed by atoms with Gasteiger partial charge < -0.3 is 24.8 Å². The average Bonchev–Trinajstić information content (AvgIpc) is 3.20. The van der Waals surface area contributed by atoms with Gasteiger partial charge in [-0.15, -0.1) is 0 Å². The van der Waals surface area contributed by atoms with Gasteiger partial charge in [-0.25, -0.2) is 0 Å². The van der Waals surface area contributed by atoms with E-state index in [1.165, 1.54) is 36.9 Å². The molecule has 1 saturated heterocycles. The summed E-state index contributed by atoms with van der Waals surface area (Å²) in [6, 6.07) is 10.4. The molecular weight excluding hydrogens is 571 g/mol. The first-order valence-electron chi connectivity index (χ1n) is 13.8. The molecule has 0 N–H and O–H groups in total. The molecule has 2 aromatic carbocycles. The third kappa shape index (κ3) is 5.05. The van der Waals surface area contributed by atoms with Gasteiger partial charge in [-0.3, -0.25) is 0 Å². The molecule has 0 spiro atoms. The maximum atomic E-state index is 2.63. The summed E-state index contributed by atoms with van der Waals surface area (Å²) in [5, 5.41) is 0. The molecule has 0 bridgehead atoms. The molecule has 1 aliphatic heterocycles. The van der Waals surface area contributed by atoms with Crippen molar-refractivity contribution >= 4 is 0 Å². The summed E-state index contributed by atoms with van der Waals surface area (Å²) < 4.78 is 5.66. The van der Waals surface area contributed by atoms with Gasteiger partial charge >= 0.3 is 221 Å². The molecule has 0 saturated carbocycles. The van der Waals surface area contributed by atoms with E-state index in [2.05, 4.69) is 113 Å². The molecule has 0 radical (unpaired) electrons. The van der Waals surface area contributed by atoms with Crippen molar-refractivity contribution in [2.24, 2.45) is 5.41 Å². The predicted octanol–water partition coefficient (Wildman–Crippen LogP) is 4.24. The molecule has 1 fully saturated rings. The molecular formula is C34H46Cl2Zr. The number of benzene rings is 2. The zero-order chi connectivity index (χ0) is 25.7. The Hall–Kier alpha value is -0.617. The number of rotatable bonds is 2. The van der Waals surface area contributed by atoms with Crippen LogP contribution in [0.5, 0.6) is 0 Å². The van der Waals surface area contributed by atoms with Gasteiger partial charge in [0.2, 0.25) is 0 Å². The molecule has 1 heterocycles. The molecule has 37 heavy (non-hydrogen) atoms. The smallest absolute Gasteiger partial charge is 1.00 e. The van der Waals surface area contributed by atoms with Crippen LogP contribution >= 0.6 is 0 Å². The fourth-order valence-corrected chi connectivity index (χ4v) is 23.5. The van der Waals surface area contributed by atoms with E-state index in [0.29, 0.717) is 3.63 Å². The van der Waals surface area contributed by atoms with E-state index in [0.717, 1.165) is 0 Å². The summed E-state index contributed by atoms with van der Waals surface area (Å²) in [6.07, 6.45) is 6.19. The van der Waals surface area contributed by atoms with E-state index in [1.54, 1.807) is 27.8 Å². The standard InChI is InChI=1S/C23H29.C9H13.C2H4.2ClH.Zr/c1-14-9-16-11-17-10-15(2)21(23(6,7)8)13-19(17)18(16)12-20(14)22(3,4)5;1-9(2,3)8-6-4-5-7-8;1-2;;;/h9-13H,1-8H3;4,6H,5H2,1-3H3;1-2H2;2*1H;/q;;;;;+2/p-2. The maximum absolute atomic E-state index is 2.63. The minimum absolute atomic E-state index is 0. The second kappa shape index (κ2) is 9.78. The van der Waals surface area contributed by atoms with Crippen molar-refractivity contribution in [1.29, 1.82) is 0 Å². The summed E-state index contributed by atoms with van der Waals surface area (Å²) in [6.45, 7) is 26.2. The first kappa shape index (κ1) is 30.9. The summed E-state index contributed by atoms with van der Waals surface area (Å²) >= 11 is -2.59. The fraction of sp³-hybridized carbons (Fsp3) is 0.529. The van der Waals surface area contributed by atoms with Gasteiger partial charge in [0.15, 0.2) is 0 Å². The summed E-state index contributed by atoms with van der Waals surface area (Å²) in [5.74, 6) is 0. The van der Waals surface area contributed by atoms with E-state index >= 15 is 0 Å². The Labute approximate surface area is 244 Å². The van der Waals surface area contributed by atoms with E-state index in [-0.39, 0.29) is 41.1 Å². The zero-order valence-corrected chi connectivity index (χ0v) is 28.9. The number of hydrogen-bond acceptors (Lipinski definition) is 0. The molecule has 5 rings (SSSR count). The molecule has 3 aliphatic rings. The van der Waals surface area contributed by atoms with E-state index in [1.807, 2.05) is 3.28 Å². The maximum Gasteiger partial charge on any atom is -1.00 e. The minimum Gasteiger partial charge on any atom is -1.00 e. The van der Waals surface area contributed by atoms with Crippen LogP contribution in [-0.2, 0) is 31.1 Å². The number of hydrogen-bond donors (Lipinski definition) is 0. The van der Waals surface area contributed by atoms with Gasteiger partial charge in [0, 0.05) is 0 Å². The summed E-state index contributed by atoms with van der Waals surface area (Å²) in [5.41, 5.74) is 14.7. The molecule has 3 heteroatoms. The van der Waals surface area contributed by atoms with Crippen LogP contribution in [0.2, 0.25) is 8.26 Å². The zero-order valence-electron chi connectivity index (χ0n) is 24.9. The first-order valence-corrected chi connectivity index (χ1v) is 19.9. The van der Waals surface area contributed by atoms with Crippen molar-refractivity contribution in [3.8, 4) is 11.1 Å². The normalized spacial score (nSPS) is 17.5. The fourth-order valence-electron chi connectivity index (χ4n) is 7.36. The summed E-state index contributed by atoms with van der Waals surface area (Å²) in [7, 11) is 0. The van der Waals surface area contributed by atoms with Crippen molar-refractivity contribution in [2.45, 2.75) is 105 Å². The average molecular weight is 617 g/mol. The second-order valence-electron chi connectivity index (χ2n) is 14.8. The predicted molar refractivity (Wildman–Crippen MR) is 150 cm³/mol. The molecule has 0 nitrogen and oxygen atoms in total. The van der Waals surface area contributed by atoms with Crippen molar-refractivity contribution in [3.05, 3.63) is 78.7 Å². The molecule has 200 valence electrons. The van der Waals surface area contributed by atoms with Crippen molar-refractivity contribution in [2.75, 3.05) is 0 Å². The van der Waals surface area contributed by atoms with E-state index < -0.39 is 20.3 Å². The first-order chi connectivity index (χ1) is 16.1. The van der Waals surface area contributed by atoms with Crippen LogP contribution < -0.4 is 24.8 Å². The van der Waals surface area contributed by atoms with Crippen molar-refractivity contribution < 1.29 is 45.1 Å². The Morgan fingerprint density at radius 2 is 1.08 bits per heavy atom. The third-order valence-electron chi connectivity index (χ3n) is 9.00. The molecule has 0 aromatic heterocycles. The number of fused-ring (bicyclic) bond motifs is 3. The Kier molecular flexibility index (Phi) is 8.18. The molecule has 0 unspecified atom stereocenters. The van der Waals surface area contributed by atoms with Crippen molar-refractivity contribution in [3.63, 3.8) is 0 Å². The molecule has 0 atom stereocenters.